The molecule has 2 N–H and O–H groups in total. The smallest absolute Gasteiger partial charge is 0.130 e. The van der Waals surface area contributed by atoms with Crippen molar-refractivity contribution in [1.82, 2.24) is 0 Å². The van der Waals surface area contributed by atoms with Crippen molar-refractivity contribution in [2.75, 3.05) is 5.73 Å². The molecule has 0 aromatic heterocycles. The molecule has 3 heteroatoms. The van der Waals surface area contributed by atoms with Crippen molar-refractivity contribution in [3.05, 3.63) is 24.3 Å². The van der Waals surface area contributed by atoms with E-state index >= 15 is 0 Å². The summed E-state index contributed by atoms with van der Waals surface area (Å²) in [5.41, 5.74) is 6.33. The molecular weight excluding hydrogens is 202 g/mol. The van der Waals surface area contributed by atoms with Crippen molar-refractivity contribution in [3.63, 3.8) is 0 Å². The van der Waals surface area contributed by atoms with Crippen LogP contribution in [0.25, 0.3) is 0 Å². The van der Waals surface area contributed by atoms with Crippen LogP contribution in [0.2, 0.25) is 0 Å². The van der Waals surface area contributed by atoms with Gasteiger partial charge in [0.1, 0.15) is 11.5 Å². The maximum Gasteiger partial charge on any atom is 0.130 e. The van der Waals surface area contributed by atoms with Gasteiger partial charge in [-0.3, -0.25) is 0 Å². The fourth-order valence-corrected chi connectivity index (χ4v) is 2.08. The van der Waals surface area contributed by atoms with Crippen LogP contribution in [-0.2, 0) is 4.79 Å². The van der Waals surface area contributed by atoms with Gasteiger partial charge in [-0.1, -0.05) is 0 Å². The summed E-state index contributed by atoms with van der Waals surface area (Å²) in [6.45, 7) is 1.65. The molecule has 0 atom stereocenters. The number of hydrogen-bond donors (Lipinski definition) is 1. The van der Waals surface area contributed by atoms with Crippen LogP contribution in [0.1, 0.15) is 26.2 Å². The summed E-state index contributed by atoms with van der Waals surface area (Å²) in [4.78, 5) is 10.9. The average Bonchev–Trinajstić information content (AvgIpc) is 2.17. The Labute approximate surface area is 95.6 Å². The van der Waals surface area contributed by atoms with Gasteiger partial charge in [-0.05, 0) is 49.9 Å². The Balaban J connectivity index is 1.77. The second-order valence-electron chi connectivity index (χ2n) is 4.55. The van der Waals surface area contributed by atoms with Crippen LogP contribution < -0.4 is 10.5 Å². The van der Waals surface area contributed by atoms with Gasteiger partial charge in [0, 0.05) is 12.1 Å². The molecule has 1 aromatic carbocycles. The summed E-state index contributed by atoms with van der Waals surface area (Å²) in [5, 5.41) is 0. The second kappa shape index (κ2) is 4.56. The van der Waals surface area contributed by atoms with Crippen LogP contribution in [0.15, 0.2) is 24.3 Å². The highest BCUT2D eigenvalue weighted by Crippen LogP contribution is 2.33. The fraction of sp³-hybridized carbons (Fsp3) is 0.462. The summed E-state index contributed by atoms with van der Waals surface area (Å²) in [6.07, 6.45) is 2.95. The topological polar surface area (TPSA) is 52.3 Å². The van der Waals surface area contributed by atoms with Gasteiger partial charge in [-0.25, -0.2) is 0 Å². The predicted octanol–water partition coefficient (Wildman–Crippen LogP) is 2.41. The first-order chi connectivity index (χ1) is 7.63. The molecule has 1 saturated carbocycles. The Morgan fingerprint density at radius 2 is 2.00 bits per heavy atom. The summed E-state index contributed by atoms with van der Waals surface area (Å²) in [7, 11) is 0. The second-order valence-corrected chi connectivity index (χ2v) is 4.55. The van der Waals surface area contributed by atoms with Crippen LogP contribution in [0.3, 0.4) is 0 Å². The van der Waals surface area contributed by atoms with E-state index in [2.05, 4.69) is 0 Å². The van der Waals surface area contributed by atoms with E-state index in [1.165, 1.54) is 0 Å². The van der Waals surface area contributed by atoms with E-state index in [0.29, 0.717) is 12.3 Å². The van der Waals surface area contributed by atoms with Gasteiger partial charge in [0.25, 0.3) is 0 Å². The molecule has 1 aliphatic rings. The minimum absolute atomic E-state index is 0.271. The quantitative estimate of drug-likeness (QED) is 0.791. The van der Waals surface area contributed by atoms with Gasteiger partial charge in [-0.15, -0.1) is 0 Å². The largest absolute Gasteiger partial charge is 0.490 e. The van der Waals surface area contributed by atoms with E-state index in [4.69, 9.17) is 10.5 Å². The number of benzene rings is 1. The van der Waals surface area contributed by atoms with Gasteiger partial charge in [0.05, 0.1) is 6.10 Å². The number of nitrogen functional groups attached to an aromatic ring is 1. The van der Waals surface area contributed by atoms with E-state index in [1.54, 1.807) is 6.92 Å². The Bertz CT molecular complexity index is 366. The molecule has 2 rings (SSSR count). The fourth-order valence-electron chi connectivity index (χ4n) is 2.08. The number of hydrogen-bond acceptors (Lipinski definition) is 3. The molecule has 0 amide bonds. The maximum atomic E-state index is 10.9. The molecule has 1 aromatic rings. The lowest BCUT2D eigenvalue weighted by Gasteiger charge is -2.34. The van der Waals surface area contributed by atoms with Gasteiger partial charge >= 0.3 is 0 Å². The molecule has 0 heterocycles. The predicted molar refractivity (Wildman–Crippen MR) is 63.3 cm³/mol. The summed E-state index contributed by atoms with van der Waals surface area (Å²) < 4.78 is 5.75. The minimum Gasteiger partial charge on any atom is -0.490 e. The van der Waals surface area contributed by atoms with Crippen LogP contribution in [0.5, 0.6) is 5.75 Å². The number of carbonyl (C=O) groups excluding carboxylic acids is 1. The van der Waals surface area contributed by atoms with Gasteiger partial charge in [-0.2, -0.15) is 0 Å². The zero-order valence-corrected chi connectivity index (χ0v) is 9.48. The lowest BCUT2D eigenvalue weighted by Crippen LogP contribution is -2.34. The molecular formula is C13H17NO2. The number of rotatable bonds is 4. The zero-order chi connectivity index (χ0) is 11.5. The highest BCUT2D eigenvalue weighted by atomic mass is 16.5. The number of anilines is 1. The lowest BCUT2D eigenvalue weighted by molar-refractivity contribution is -0.119. The third kappa shape index (κ3) is 2.75. The number of ketones is 1. The molecule has 0 unspecified atom stereocenters. The van der Waals surface area contributed by atoms with Crippen LogP contribution in [0, 0.1) is 5.92 Å². The first-order valence-corrected chi connectivity index (χ1v) is 5.65. The van der Waals surface area contributed by atoms with Crippen molar-refractivity contribution in [2.24, 2.45) is 5.92 Å². The third-order valence-electron chi connectivity index (χ3n) is 2.95. The third-order valence-corrected chi connectivity index (χ3v) is 2.95. The Kier molecular flexibility index (Phi) is 3.13. The molecule has 0 bridgehead atoms. The highest BCUT2D eigenvalue weighted by molar-refractivity contribution is 5.75. The van der Waals surface area contributed by atoms with Gasteiger partial charge < -0.3 is 15.3 Å². The molecule has 3 nitrogen and oxygen atoms in total. The standard InChI is InChI=1S/C13H17NO2/c1-9(15)6-10-7-13(8-10)16-12-4-2-11(14)3-5-12/h2-5,10,13H,6-8,14H2,1H3. The molecule has 1 aliphatic carbocycles. The Hall–Kier alpha value is -1.51. The molecule has 0 aliphatic heterocycles. The number of carbonyl (C=O) groups is 1. The van der Waals surface area contributed by atoms with Crippen molar-refractivity contribution < 1.29 is 9.53 Å². The van der Waals surface area contributed by atoms with E-state index in [-0.39, 0.29) is 11.9 Å². The maximum absolute atomic E-state index is 10.9. The molecule has 0 radical (unpaired) electrons. The van der Waals surface area contributed by atoms with Crippen LogP contribution >= 0.6 is 0 Å². The summed E-state index contributed by atoms with van der Waals surface area (Å²) >= 11 is 0. The molecule has 86 valence electrons. The number of nitrogens with two attached hydrogens (primary N) is 1. The van der Waals surface area contributed by atoms with E-state index < -0.39 is 0 Å². The minimum atomic E-state index is 0.271. The van der Waals surface area contributed by atoms with Crippen molar-refractivity contribution in [1.29, 1.82) is 0 Å². The van der Waals surface area contributed by atoms with Crippen LogP contribution in [-0.4, -0.2) is 11.9 Å². The van der Waals surface area contributed by atoms with Crippen LogP contribution in [0.4, 0.5) is 5.69 Å². The van der Waals surface area contributed by atoms with Gasteiger partial charge in [0.15, 0.2) is 0 Å². The van der Waals surface area contributed by atoms with Crippen molar-refractivity contribution >= 4 is 11.5 Å². The van der Waals surface area contributed by atoms with E-state index in [1.807, 2.05) is 24.3 Å². The molecule has 1 fully saturated rings. The highest BCUT2D eigenvalue weighted by Gasteiger charge is 2.31. The Morgan fingerprint density at radius 3 is 2.56 bits per heavy atom. The summed E-state index contributed by atoms with van der Waals surface area (Å²) in [5.74, 6) is 1.66. The van der Waals surface area contributed by atoms with Crippen molar-refractivity contribution in [3.8, 4) is 5.75 Å². The normalized spacial score (nSPS) is 23.6. The number of Topliss-reactive ketones (excluding diaryl/α,β-unsaturated/α-hetero) is 1. The van der Waals surface area contributed by atoms with E-state index in [9.17, 15) is 4.79 Å². The lowest BCUT2D eigenvalue weighted by atomic mass is 9.79. The number of ether oxygens (including phenoxy) is 1. The molecule has 0 saturated heterocycles. The first-order valence-electron chi connectivity index (χ1n) is 5.65. The molecule has 16 heavy (non-hydrogen) atoms. The zero-order valence-electron chi connectivity index (χ0n) is 9.48. The monoisotopic (exact) mass is 219 g/mol. The average molecular weight is 219 g/mol. The van der Waals surface area contributed by atoms with E-state index in [0.717, 1.165) is 24.3 Å². The van der Waals surface area contributed by atoms with Crippen molar-refractivity contribution in [2.45, 2.75) is 32.3 Å². The summed E-state index contributed by atoms with van der Waals surface area (Å²) in [6, 6.07) is 7.43. The first kappa shape index (κ1) is 11.0. The SMILES string of the molecule is CC(=O)CC1CC(Oc2ccc(N)cc2)C1. The van der Waals surface area contributed by atoms with Gasteiger partial charge in [0.2, 0.25) is 0 Å². The Morgan fingerprint density at radius 1 is 1.38 bits per heavy atom. The molecule has 0 spiro atoms.